The van der Waals surface area contributed by atoms with Gasteiger partial charge in [0.25, 0.3) is 0 Å². The van der Waals surface area contributed by atoms with Gasteiger partial charge in [-0.25, -0.2) is 4.68 Å². The van der Waals surface area contributed by atoms with E-state index in [-0.39, 0.29) is 6.10 Å². The summed E-state index contributed by atoms with van der Waals surface area (Å²) in [7, 11) is 1.70. The first-order valence-electron chi connectivity index (χ1n) is 11.4. The van der Waals surface area contributed by atoms with E-state index < -0.39 is 0 Å². The Balaban J connectivity index is 2.03. The molecule has 0 unspecified atom stereocenters. The average Bonchev–Trinajstić information content (AvgIpc) is 3.16. The number of para-hydroxylation sites is 1. The molecule has 6 nitrogen and oxygen atoms in total. The van der Waals surface area contributed by atoms with E-state index in [9.17, 15) is 5.11 Å². The summed E-state index contributed by atoms with van der Waals surface area (Å²) in [6.45, 7) is 8.68. The Labute approximate surface area is 191 Å². The second-order valence-electron chi connectivity index (χ2n) is 8.04. The molecule has 1 atom stereocenters. The number of benzene rings is 2. The molecule has 1 heterocycles. The number of aliphatic hydroxyl groups excluding tert-OH is 1. The summed E-state index contributed by atoms with van der Waals surface area (Å²) in [5.41, 5.74) is 4.16. The molecule has 1 N–H and O–H groups in total. The Morgan fingerprint density at radius 1 is 1.06 bits per heavy atom. The molecule has 0 saturated heterocycles. The number of hydrogen-bond donors (Lipinski definition) is 1. The molecule has 3 rings (SSSR count). The number of nitrogens with zero attached hydrogens (tertiary/aromatic N) is 3. The third-order valence-corrected chi connectivity index (χ3v) is 5.52. The summed E-state index contributed by atoms with van der Waals surface area (Å²) in [6.07, 6.45) is 1.11. The smallest absolute Gasteiger partial charge is 0.227 e. The minimum absolute atomic E-state index is 0.387. The van der Waals surface area contributed by atoms with Crippen LogP contribution in [0.3, 0.4) is 0 Å². The third kappa shape index (κ3) is 6.19. The van der Waals surface area contributed by atoms with Gasteiger partial charge in [-0.2, -0.15) is 5.10 Å². The first-order chi connectivity index (χ1) is 15.5. The van der Waals surface area contributed by atoms with Gasteiger partial charge in [-0.15, -0.1) is 0 Å². The molecule has 0 saturated carbocycles. The fraction of sp³-hybridized carbons (Fsp3) is 0.423. The van der Waals surface area contributed by atoms with E-state index in [0.717, 1.165) is 35.7 Å². The quantitative estimate of drug-likeness (QED) is 0.443. The molecule has 3 aromatic rings. The third-order valence-electron chi connectivity index (χ3n) is 5.52. The van der Waals surface area contributed by atoms with Crippen molar-refractivity contribution in [2.45, 2.75) is 46.3 Å². The number of rotatable bonds is 12. The Morgan fingerprint density at radius 3 is 2.41 bits per heavy atom. The second kappa shape index (κ2) is 11.8. The first-order valence-corrected chi connectivity index (χ1v) is 11.4. The summed E-state index contributed by atoms with van der Waals surface area (Å²) in [6, 6.07) is 18.1. The molecule has 0 spiro atoms. The number of aromatic nitrogens is 2. The van der Waals surface area contributed by atoms with Crippen molar-refractivity contribution in [3.63, 3.8) is 0 Å². The van der Waals surface area contributed by atoms with Gasteiger partial charge in [0.1, 0.15) is 5.75 Å². The van der Waals surface area contributed by atoms with Gasteiger partial charge in [0, 0.05) is 26.7 Å². The van der Waals surface area contributed by atoms with Crippen LogP contribution in [0.25, 0.3) is 5.69 Å². The van der Waals surface area contributed by atoms with Crippen molar-refractivity contribution < 1.29 is 14.6 Å². The zero-order valence-electron chi connectivity index (χ0n) is 19.6. The molecule has 32 heavy (non-hydrogen) atoms. The fourth-order valence-electron chi connectivity index (χ4n) is 3.59. The van der Waals surface area contributed by atoms with Gasteiger partial charge in [0.2, 0.25) is 5.88 Å². The standard InChI is InChI=1S/C26H35N3O3/c1-5-22(30)18-28(16-17-31-4)19-24-25(6-2)27-29(21-10-8-7-9-11-21)26(24)32-23-14-12-20(3)13-15-23/h7-15,22,30H,5-6,16-19H2,1-4H3/t22-/m1/s1. The molecule has 0 amide bonds. The minimum Gasteiger partial charge on any atom is -0.439 e. The van der Waals surface area contributed by atoms with Gasteiger partial charge in [-0.1, -0.05) is 49.7 Å². The maximum Gasteiger partial charge on any atom is 0.227 e. The Morgan fingerprint density at radius 2 is 1.78 bits per heavy atom. The van der Waals surface area contributed by atoms with Gasteiger partial charge in [-0.05, 0) is 44.0 Å². The van der Waals surface area contributed by atoms with Crippen molar-refractivity contribution >= 4 is 0 Å². The molecule has 0 aliphatic rings. The Kier molecular flexibility index (Phi) is 8.85. The van der Waals surface area contributed by atoms with E-state index in [1.807, 2.05) is 66.2 Å². The van der Waals surface area contributed by atoms with Crippen LogP contribution in [-0.2, 0) is 17.7 Å². The van der Waals surface area contributed by atoms with E-state index in [4.69, 9.17) is 14.6 Å². The van der Waals surface area contributed by atoms with Crippen LogP contribution in [0.1, 0.15) is 37.1 Å². The van der Waals surface area contributed by atoms with Gasteiger partial charge >= 0.3 is 0 Å². The zero-order chi connectivity index (χ0) is 22.9. The van der Waals surface area contributed by atoms with Crippen LogP contribution in [0.5, 0.6) is 11.6 Å². The molecule has 0 fully saturated rings. The van der Waals surface area contributed by atoms with Crippen molar-refractivity contribution in [2.24, 2.45) is 0 Å². The van der Waals surface area contributed by atoms with Gasteiger partial charge in [0.15, 0.2) is 0 Å². The Bertz CT molecular complexity index is 954. The van der Waals surface area contributed by atoms with Crippen LogP contribution in [0.15, 0.2) is 54.6 Å². The van der Waals surface area contributed by atoms with E-state index in [2.05, 4.69) is 18.7 Å². The highest BCUT2D eigenvalue weighted by atomic mass is 16.5. The number of methoxy groups -OCH3 is 1. The fourth-order valence-corrected chi connectivity index (χ4v) is 3.59. The minimum atomic E-state index is -0.387. The average molecular weight is 438 g/mol. The van der Waals surface area contributed by atoms with E-state index in [0.29, 0.717) is 32.0 Å². The first kappa shape index (κ1) is 24.0. The zero-order valence-corrected chi connectivity index (χ0v) is 19.6. The van der Waals surface area contributed by atoms with Crippen LogP contribution >= 0.6 is 0 Å². The molecule has 172 valence electrons. The van der Waals surface area contributed by atoms with Crippen LogP contribution in [-0.4, -0.2) is 52.7 Å². The highest BCUT2D eigenvalue weighted by molar-refractivity contribution is 5.44. The molecule has 0 radical (unpaired) electrons. The van der Waals surface area contributed by atoms with Gasteiger partial charge < -0.3 is 14.6 Å². The van der Waals surface area contributed by atoms with E-state index in [1.165, 1.54) is 5.56 Å². The molecule has 0 aliphatic carbocycles. The lowest BCUT2D eigenvalue weighted by Gasteiger charge is -2.25. The van der Waals surface area contributed by atoms with Crippen molar-refractivity contribution in [1.82, 2.24) is 14.7 Å². The molecule has 2 aromatic carbocycles. The molecule has 0 bridgehead atoms. The monoisotopic (exact) mass is 437 g/mol. The summed E-state index contributed by atoms with van der Waals surface area (Å²) in [5, 5.41) is 15.2. The van der Waals surface area contributed by atoms with E-state index in [1.54, 1.807) is 7.11 Å². The SMILES string of the molecule is CCc1nn(-c2ccccc2)c(Oc2ccc(C)cc2)c1CN(CCOC)C[C@H](O)CC. The topological polar surface area (TPSA) is 59.8 Å². The maximum atomic E-state index is 10.3. The number of aryl methyl sites for hydroxylation is 2. The molecular formula is C26H35N3O3. The van der Waals surface area contributed by atoms with Crippen molar-refractivity contribution in [3.8, 4) is 17.3 Å². The normalized spacial score (nSPS) is 12.3. The maximum absolute atomic E-state index is 10.3. The van der Waals surface area contributed by atoms with Crippen LogP contribution < -0.4 is 4.74 Å². The second-order valence-corrected chi connectivity index (χ2v) is 8.04. The summed E-state index contributed by atoms with van der Waals surface area (Å²) >= 11 is 0. The van der Waals surface area contributed by atoms with Crippen LogP contribution in [0, 0.1) is 6.92 Å². The van der Waals surface area contributed by atoms with Crippen molar-refractivity contribution in [3.05, 3.63) is 71.4 Å². The lowest BCUT2D eigenvalue weighted by atomic mass is 10.1. The van der Waals surface area contributed by atoms with Gasteiger partial charge in [-0.3, -0.25) is 4.90 Å². The lowest BCUT2D eigenvalue weighted by molar-refractivity contribution is 0.0825. The molecule has 1 aromatic heterocycles. The van der Waals surface area contributed by atoms with E-state index >= 15 is 0 Å². The molecule has 6 heteroatoms. The lowest BCUT2D eigenvalue weighted by Crippen LogP contribution is -2.34. The highest BCUT2D eigenvalue weighted by Gasteiger charge is 2.23. The largest absolute Gasteiger partial charge is 0.439 e. The predicted octanol–water partition coefficient (Wildman–Crippen LogP) is 4.75. The van der Waals surface area contributed by atoms with Crippen LogP contribution in [0.4, 0.5) is 0 Å². The molecular weight excluding hydrogens is 402 g/mol. The number of hydrogen-bond acceptors (Lipinski definition) is 5. The summed E-state index contributed by atoms with van der Waals surface area (Å²) < 4.78 is 13.7. The van der Waals surface area contributed by atoms with Gasteiger partial charge in [0.05, 0.1) is 29.7 Å². The summed E-state index contributed by atoms with van der Waals surface area (Å²) in [4.78, 5) is 2.21. The number of ether oxygens (including phenoxy) is 2. The van der Waals surface area contributed by atoms with Crippen molar-refractivity contribution in [2.75, 3.05) is 26.8 Å². The summed E-state index contributed by atoms with van der Waals surface area (Å²) in [5.74, 6) is 1.49. The predicted molar refractivity (Wildman–Crippen MR) is 128 cm³/mol. The number of aliphatic hydroxyl groups is 1. The Hall–Kier alpha value is -2.67. The van der Waals surface area contributed by atoms with Crippen molar-refractivity contribution in [1.29, 1.82) is 0 Å². The highest BCUT2D eigenvalue weighted by Crippen LogP contribution is 2.32. The van der Waals surface area contributed by atoms with Crippen LogP contribution in [0.2, 0.25) is 0 Å². The molecule has 0 aliphatic heterocycles.